The molecule has 0 aliphatic carbocycles. The van der Waals surface area contributed by atoms with Gasteiger partial charge in [0.15, 0.2) is 0 Å². The van der Waals surface area contributed by atoms with E-state index < -0.39 is 5.60 Å². The molecule has 0 N–H and O–H groups in total. The summed E-state index contributed by atoms with van der Waals surface area (Å²) in [7, 11) is 1.73. The van der Waals surface area contributed by atoms with Gasteiger partial charge in [0.1, 0.15) is 5.60 Å². The predicted molar refractivity (Wildman–Crippen MR) is 109 cm³/mol. The van der Waals surface area contributed by atoms with Gasteiger partial charge in [-0.25, -0.2) is 4.79 Å². The summed E-state index contributed by atoms with van der Waals surface area (Å²) in [5.74, 6) is 0.261. The lowest BCUT2D eigenvalue weighted by Gasteiger charge is -2.46. The first-order valence-electron chi connectivity index (χ1n) is 10.6. The Bertz CT molecular complexity index is 514. The van der Waals surface area contributed by atoms with Crippen LogP contribution >= 0.6 is 0 Å². The summed E-state index contributed by atoms with van der Waals surface area (Å²) < 4.78 is 10.6. The Morgan fingerprint density at radius 2 is 1.57 bits per heavy atom. The molecule has 7 heteroatoms. The number of amides is 2. The highest BCUT2D eigenvalue weighted by Crippen LogP contribution is 2.24. The molecular formula is C21H39N3O4. The number of hydrogen-bond donors (Lipinski definition) is 0. The number of piperazine rings is 1. The molecule has 2 unspecified atom stereocenters. The molecule has 0 spiro atoms. The minimum atomic E-state index is -0.487. The van der Waals surface area contributed by atoms with Crippen molar-refractivity contribution >= 4 is 12.0 Å². The molecule has 7 nitrogen and oxygen atoms in total. The zero-order chi connectivity index (χ0) is 20.9. The Labute approximate surface area is 170 Å². The maximum atomic E-state index is 13.1. The second-order valence-electron chi connectivity index (χ2n) is 9.27. The van der Waals surface area contributed by atoms with Crippen LogP contribution in [0.5, 0.6) is 0 Å². The van der Waals surface area contributed by atoms with Crippen LogP contribution in [-0.4, -0.2) is 90.8 Å². The summed E-state index contributed by atoms with van der Waals surface area (Å²) in [5.41, 5.74) is -0.487. The quantitative estimate of drug-likeness (QED) is 0.667. The van der Waals surface area contributed by atoms with Crippen LogP contribution in [0.1, 0.15) is 53.9 Å². The average Bonchev–Trinajstić information content (AvgIpc) is 2.62. The van der Waals surface area contributed by atoms with Crippen LogP contribution in [0.2, 0.25) is 0 Å². The van der Waals surface area contributed by atoms with Crippen LogP contribution in [0.25, 0.3) is 0 Å². The zero-order valence-corrected chi connectivity index (χ0v) is 18.6. The van der Waals surface area contributed by atoms with E-state index in [1.165, 1.54) is 0 Å². The topological polar surface area (TPSA) is 62.3 Å². The van der Waals surface area contributed by atoms with Crippen LogP contribution in [0, 0.1) is 5.92 Å². The van der Waals surface area contributed by atoms with E-state index in [2.05, 4.69) is 18.7 Å². The van der Waals surface area contributed by atoms with Crippen molar-refractivity contribution in [3.05, 3.63) is 0 Å². The minimum Gasteiger partial charge on any atom is -0.444 e. The molecule has 0 radical (unpaired) electrons. The molecule has 0 bridgehead atoms. The van der Waals surface area contributed by atoms with E-state index in [1.807, 2.05) is 25.7 Å². The van der Waals surface area contributed by atoms with Crippen molar-refractivity contribution in [1.29, 1.82) is 0 Å². The molecule has 2 atom stereocenters. The van der Waals surface area contributed by atoms with E-state index >= 15 is 0 Å². The molecule has 2 aliphatic rings. The molecule has 0 saturated carbocycles. The molecule has 2 rings (SSSR count). The summed E-state index contributed by atoms with van der Waals surface area (Å²) in [5, 5.41) is 0. The lowest BCUT2D eigenvalue weighted by atomic mass is 9.94. The lowest BCUT2D eigenvalue weighted by molar-refractivity contribution is -0.141. The van der Waals surface area contributed by atoms with Gasteiger partial charge in [-0.15, -0.1) is 0 Å². The number of hydrogen-bond acceptors (Lipinski definition) is 5. The monoisotopic (exact) mass is 397 g/mol. The molecule has 0 aromatic heterocycles. The number of methoxy groups -OCH3 is 1. The van der Waals surface area contributed by atoms with Gasteiger partial charge in [0.25, 0.3) is 0 Å². The first kappa shape index (κ1) is 22.9. The number of carbonyl (C=O) groups excluding carboxylic acids is 2. The Balaban J connectivity index is 1.83. The van der Waals surface area contributed by atoms with E-state index in [0.717, 1.165) is 45.5 Å². The van der Waals surface area contributed by atoms with Crippen molar-refractivity contribution in [2.24, 2.45) is 5.92 Å². The highest BCUT2D eigenvalue weighted by molar-refractivity contribution is 5.79. The Morgan fingerprint density at radius 1 is 1.00 bits per heavy atom. The van der Waals surface area contributed by atoms with Crippen LogP contribution in [-0.2, 0) is 14.3 Å². The van der Waals surface area contributed by atoms with Gasteiger partial charge in [-0.1, -0.05) is 0 Å². The molecule has 0 aromatic carbocycles. The lowest BCUT2D eigenvalue weighted by Crippen LogP contribution is -2.59. The van der Waals surface area contributed by atoms with Crippen molar-refractivity contribution in [1.82, 2.24) is 14.7 Å². The number of ether oxygens (including phenoxy) is 2. The maximum absolute atomic E-state index is 13.1. The highest BCUT2D eigenvalue weighted by atomic mass is 16.6. The van der Waals surface area contributed by atoms with Gasteiger partial charge in [-0.3, -0.25) is 9.69 Å². The van der Waals surface area contributed by atoms with Gasteiger partial charge >= 0.3 is 6.09 Å². The van der Waals surface area contributed by atoms with E-state index in [1.54, 1.807) is 12.0 Å². The van der Waals surface area contributed by atoms with Crippen molar-refractivity contribution in [3.63, 3.8) is 0 Å². The van der Waals surface area contributed by atoms with Gasteiger partial charge in [0.2, 0.25) is 5.91 Å². The summed E-state index contributed by atoms with van der Waals surface area (Å²) >= 11 is 0. The van der Waals surface area contributed by atoms with Crippen LogP contribution in [0.15, 0.2) is 0 Å². The molecule has 162 valence electrons. The fourth-order valence-corrected chi connectivity index (χ4v) is 4.26. The smallest absolute Gasteiger partial charge is 0.410 e. The molecule has 2 fully saturated rings. The fraction of sp³-hybridized carbons (Fsp3) is 0.905. The first-order chi connectivity index (χ1) is 13.1. The zero-order valence-electron chi connectivity index (χ0n) is 18.6. The Hall–Kier alpha value is -1.34. The highest BCUT2D eigenvalue weighted by Gasteiger charge is 2.36. The maximum Gasteiger partial charge on any atom is 0.410 e. The molecule has 2 aliphatic heterocycles. The third kappa shape index (κ3) is 6.34. The Morgan fingerprint density at radius 3 is 2.07 bits per heavy atom. The third-order valence-corrected chi connectivity index (χ3v) is 5.67. The van der Waals surface area contributed by atoms with Gasteiger partial charge in [-0.2, -0.15) is 0 Å². The normalized spacial score (nSPS) is 25.1. The average molecular weight is 398 g/mol. The molecule has 28 heavy (non-hydrogen) atoms. The number of nitrogens with zero attached hydrogens (tertiary/aromatic N) is 3. The second-order valence-corrected chi connectivity index (χ2v) is 9.27. The van der Waals surface area contributed by atoms with E-state index in [-0.39, 0.29) is 17.9 Å². The second kappa shape index (κ2) is 9.92. The standard InChI is InChI=1S/C21H39N3O4/c1-16-14-23(15-17(2)24(16)10-7-13-27-6)19(25)18-8-11-22(12-9-18)20(26)28-21(3,4)5/h16-18H,7-15H2,1-6H3. The van der Waals surface area contributed by atoms with Crippen LogP contribution in [0.3, 0.4) is 0 Å². The SMILES string of the molecule is COCCCN1C(C)CN(C(=O)C2CCN(C(=O)OC(C)(C)C)CC2)CC1C. The number of likely N-dealkylation sites (tertiary alicyclic amines) is 1. The summed E-state index contributed by atoms with van der Waals surface area (Å²) in [6, 6.07) is 0.706. The minimum absolute atomic E-state index is 0.0122. The van der Waals surface area contributed by atoms with Crippen molar-refractivity contribution in [2.75, 3.05) is 46.4 Å². The number of piperidine rings is 1. The largest absolute Gasteiger partial charge is 0.444 e. The van der Waals surface area contributed by atoms with Gasteiger partial charge < -0.3 is 19.3 Å². The summed E-state index contributed by atoms with van der Waals surface area (Å²) in [4.78, 5) is 31.5. The van der Waals surface area contributed by atoms with E-state index in [4.69, 9.17) is 9.47 Å². The Kier molecular flexibility index (Phi) is 8.13. The molecular weight excluding hydrogens is 358 g/mol. The molecule has 2 saturated heterocycles. The predicted octanol–water partition coefficient (Wildman–Crippen LogP) is 2.59. The molecule has 2 amide bonds. The van der Waals surface area contributed by atoms with Gasteiger partial charge in [-0.05, 0) is 53.9 Å². The van der Waals surface area contributed by atoms with Crippen molar-refractivity contribution < 1.29 is 19.1 Å². The molecule has 0 aromatic rings. The first-order valence-corrected chi connectivity index (χ1v) is 10.6. The summed E-state index contributed by atoms with van der Waals surface area (Å²) in [6.07, 6.45) is 2.18. The van der Waals surface area contributed by atoms with Gasteiger partial charge in [0.05, 0.1) is 0 Å². The van der Waals surface area contributed by atoms with Crippen LogP contribution < -0.4 is 0 Å². The number of carbonyl (C=O) groups is 2. The van der Waals surface area contributed by atoms with Crippen molar-refractivity contribution in [2.45, 2.75) is 71.6 Å². The van der Waals surface area contributed by atoms with E-state index in [0.29, 0.717) is 25.2 Å². The van der Waals surface area contributed by atoms with E-state index in [9.17, 15) is 9.59 Å². The van der Waals surface area contributed by atoms with Gasteiger partial charge in [0, 0.05) is 64.4 Å². The molecule has 2 heterocycles. The fourth-order valence-electron chi connectivity index (χ4n) is 4.26. The number of rotatable bonds is 5. The summed E-state index contributed by atoms with van der Waals surface area (Å²) in [6.45, 7) is 14.5. The van der Waals surface area contributed by atoms with Crippen molar-refractivity contribution in [3.8, 4) is 0 Å². The van der Waals surface area contributed by atoms with Crippen LogP contribution in [0.4, 0.5) is 4.79 Å². The third-order valence-electron chi connectivity index (χ3n) is 5.67.